The fourth-order valence-electron chi connectivity index (χ4n) is 8.42. The number of imide groups is 2. The molecule has 1 aromatic heterocycles. The molecule has 14 heteroatoms. The molecule has 6 aliphatic rings. The van der Waals surface area contributed by atoms with Gasteiger partial charge in [0, 0.05) is 58.3 Å². The zero-order chi connectivity index (χ0) is 33.1. The molecule has 8 rings (SSSR count). The molecule has 0 bridgehead atoms. The number of anilines is 2. The van der Waals surface area contributed by atoms with Gasteiger partial charge in [-0.3, -0.25) is 39.1 Å². The van der Waals surface area contributed by atoms with Crippen LogP contribution < -0.4 is 20.4 Å². The molecule has 2 N–H and O–H groups in total. The van der Waals surface area contributed by atoms with Crippen LogP contribution in [0.4, 0.5) is 15.9 Å². The molecule has 2 aliphatic carbocycles. The molecular formula is C34H39FN8O5. The maximum atomic E-state index is 15.3. The Balaban J connectivity index is 0.824. The average Bonchev–Trinajstić information content (AvgIpc) is 3.39. The molecule has 48 heavy (non-hydrogen) atoms. The lowest BCUT2D eigenvalue weighted by atomic mass is 9.95. The number of rotatable bonds is 7. The van der Waals surface area contributed by atoms with Gasteiger partial charge in [0.1, 0.15) is 11.9 Å². The van der Waals surface area contributed by atoms with Crippen LogP contribution in [0.2, 0.25) is 0 Å². The number of carbonyl (C=O) groups is 5. The molecule has 2 saturated carbocycles. The Labute approximate surface area is 277 Å². The Morgan fingerprint density at radius 1 is 0.875 bits per heavy atom. The number of nitrogens with one attached hydrogen (secondary N) is 2. The van der Waals surface area contributed by atoms with E-state index in [1.165, 1.54) is 12.5 Å². The first-order valence-corrected chi connectivity index (χ1v) is 17.2. The van der Waals surface area contributed by atoms with E-state index in [-0.39, 0.29) is 35.9 Å². The Kier molecular flexibility index (Phi) is 7.85. The summed E-state index contributed by atoms with van der Waals surface area (Å²) in [4.78, 5) is 70.3. The van der Waals surface area contributed by atoms with E-state index in [0.717, 1.165) is 75.2 Å². The van der Waals surface area contributed by atoms with Gasteiger partial charge in [-0.1, -0.05) is 19.3 Å². The highest BCUT2D eigenvalue weighted by Gasteiger charge is 2.56. The molecule has 5 fully saturated rings. The van der Waals surface area contributed by atoms with Crippen LogP contribution >= 0.6 is 0 Å². The van der Waals surface area contributed by atoms with E-state index in [4.69, 9.17) is 0 Å². The van der Waals surface area contributed by atoms with Gasteiger partial charge in [0.25, 0.3) is 17.7 Å². The van der Waals surface area contributed by atoms with Gasteiger partial charge in [0.15, 0.2) is 11.5 Å². The highest BCUT2D eigenvalue weighted by Crippen LogP contribution is 2.53. The van der Waals surface area contributed by atoms with Crippen molar-refractivity contribution in [2.45, 2.75) is 57.0 Å². The van der Waals surface area contributed by atoms with Crippen LogP contribution in [-0.4, -0.2) is 107 Å². The fraction of sp³-hybridized carbons (Fsp3) is 0.559. The average molecular weight is 659 g/mol. The van der Waals surface area contributed by atoms with Crippen LogP contribution in [0.25, 0.3) is 0 Å². The Hall–Kier alpha value is -4.46. The summed E-state index contributed by atoms with van der Waals surface area (Å²) < 4.78 is 15.3. The monoisotopic (exact) mass is 658 g/mol. The van der Waals surface area contributed by atoms with Gasteiger partial charge in [0.2, 0.25) is 11.8 Å². The Morgan fingerprint density at radius 3 is 2.25 bits per heavy atom. The minimum absolute atomic E-state index is 0.0286. The zero-order valence-electron chi connectivity index (χ0n) is 26.7. The molecule has 2 aromatic rings. The highest BCUT2D eigenvalue weighted by molar-refractivity contribution is 6.23. The van der Waals surface area contributed by atoms with Crippen molar-refractivity contribution in [3.8, 4) is 0 Å². The number of nitrogens with zero attached hydrogens (tertiary/aromatic N) is 6. The Bertz CT molecular complexity index is 1660. The van der Waals surface area contributed by atoms with Crippen LogP contribution in [0, 0.1) is 23.6 Å². The lowest BCUT2D eigenvalue weighted by Gasteiger charge is -2.35. The summed E-state index contributed by atoms with van der Waals surface area (Å²) in [6, 6.07) is 5.35. The summed E-state index contributed by atoms with van der Waals surface area (Å²) in [5.41, 5.74) is 0.706. The fourth-order valence-corrected chi connectivity index (χ4v) is 8.42. The van der Waals surface area contributed by atoms with E-state index in [0.29, 0.717) is 42.2 Å². The number of hydrogen-bond donors (Lipinski definition) is 2. The molecule has 0 spiro atoms. The molecule has 0 radical (unpaired) electrons. The van der Waals surface area contributed by atoms with Crippen molar-refractivity contribution in [2.75, 3.05) is 55.6 Å². The number of amides is 5. The molecule has 1 aromatic carbocycles. The first kappa shape index (κ1) is 30.8. The predicted octanol–water partition coefficient (Wildman–Crippen LogP) is 1.58. The summed E-state index contributed by atoms with van der Waals surface area (Å²) in [7, 11) is 0. The molecule has 2 unspecified atom stereocenters. The van der Waals surface area contributed by atoms with Gasteiger partial charge in [-0.25, -0.2) is 4.39 Å². The Morgan fingerprint density at radius 2 is 1.58 bits per heavy atom. The lowest BCUT2D eigenvalue weighted by Crippen LogP contribution is -2.54. The molecule has 13 nitrogen and oxygen atoms in total. The number of fused-ring (bicyclic) bond motifs is 2. The summed E-state index contributed by atoms with van der Waals surface area (Å²) >= 11 is 0. The third kappa shape index (κ3) is 5.59. The predicted molar refractivity (Wildman–Crippen MR) is 171 cm³/mol. The molecule has 5 amide bonds. The standard InChI is InChI=1S/C34H39FN8O5/c35-25-14-20-21(34(48)43(33(20)47)27-7-9-30(44)37-32(27)46)15-28(25)42-17-23-22(24(23)18-42)16-40-10-12-41(13-11-40)29-8-6-26(38-39-29)31(45)36-19-4-2-1-3-5-19/h6,8,14-15,19,22-24,27H,1-5,7,9-13,16-18H2,(H,36,45)(H,37,44,46)/t22?,23-,24+,27?. The second-order valence-corrected chi connectivity index (χ2v) is 14.1. The number of aromatic nitrogens is 2. The smallest absolute Gasteiger partial charge is 0.272 e. The van der Waals surface area contributed by atoms with E-state index >= 15 is 4.39 Å². The molecular weight excluding hydrogens is 619 g/mol. The quantitative estimate of drug-likeness (QED) is 0.421. The summed E-state index contributed by atoms with van der Waals surface area (Å²) in [5.74, 6) is -1.01. The summed E-state index contributed by atoms with van der Waals surface area (Å²) in [5, 5.41) is 13.8. The number of benzene rings is 1. The van der Waals surface area contributed by atoms with Gasteiger partial charge in [0.05, 0.1) is 16.8 Å². The minimum Gasteiger partial charge on any atom is -0.369 e. The molecule has 3 saturated heterocycles. The maximum absolute atomic E-state index is 15.3. The van der Waals surface area contributed by atoms with Gasteiger partial charge >= 0.3 is 0 Å². The second-order valence-electron chi connectivity index (χ2n) is 14.1. The first-order chi connectivity index (χ1) is 23.2. The molecule has 4 aliphatic heterocycles. The number of carbonyl (C=O) groups excluding carboxylic acids is 5. The zero-order valence-corrected chi connectivity index (χ0v) is 26.7. The van der Waals surface area contributed by atoms with Crippen molar-refractivity contribution in [3.05, 3.63) is 46.9 Å². The van der Waals surface area contributed by atoms with Gasteiger partial charge in [-0.2, -0.15) is 0 Å². The first-order valence-electron chi connectivity index (χ1n) is 17.2. The summed E-state index contributed by atoms with van der Waals surface area (Å²) in [6.45, 7) is 5.76. The van der Waals surface area contributed by atoms with Crippen molar-refractivity contribution < 1.29 is 28.4 Å². The molecule has 5 heterocycles. The van der Waals surface area contributed by atoms with Crippen LogP contribution in [0.3, 0.4) is 0 Å². The van der Waals surface area contributed by atoms with Gasteiger partial charge in [-0.05, 0) is 61.3 Å². The van der Waals surface area contributed by atoms with Crippen molar-refractivity contribution in [2.24, 2.45) is 17.8 Å². The van der Waals surface area contributed by atoms with Crippen molar-refractivity contribution in [1.82, 2.24) is 30.6 Å². The largest absolute Gasteiger partial charge is 0.369 e. The normalized spacial score (nSPS) is 27.6. The van der Waals surface area contributed by atoms with E-state index in [2.05, 4.69) is 30.6 Å². The number of hydrogen-bond acceptors (Lipinski definition) is 10. The highest BCUT2D eigenvalue weighted by atomic mass is 19.1. The minimum atomic E-state index is -1.08. The maximum Gasteiger partial charge on any atom is 0.272 e. The van der Waals surface area contributed by atoms with Crippen molar-refractivity contribution in [1.29, 1.82) is 0 Å². The molecule has 252 valence electrons. The van der Waals surface area contributed by atoms with E-state index < -0.39 is 35.5 Å². The van der Waals surface area contributed by atoms with Crippen molar-refractivity contribution in [3.63, 3.8) is 0 Å². The van der Waals surface area contributed by atoms with Gasteiger partial charge in [-0.15, -0.1) is 10.2 Å². The topological polar surface area (TPSA) is 148 Å². The second kappa shape index (κ2) is 12.2. The van der Waals surface area contributed by atoms with Crippen LogP contribution in [0.1, 0.15) is 76.2 Å². The van der Waals surface area contributed by atoms with Gasteiger partial charge < -0.3 is 15.1 Å². The molecule has 4 atom stereocenters. The lowest BCUT2D eigenvalue weighted by molar-refractivity contribution is -0.136. The van der Waals surface area contributed by atoms with E-state index in [1.807, 2.05) is 11.0 Å². The van der Waals surface area contributed by atoms with Crippen molar-refractivity contribution >= 4 is 41.0 Å². The number of piperazine rings is 1. The number of halogens is 1. The van der Waals surface area contributed by atoms with E-state index in [9.17, 15) is 24.0 Å². The SMILES string of the molecule is O=C1CCC(N2C(=O)c3cc(F)c(N4C[C@@H]5C(CN6CCN(c7ccc(C(=O)NC8CCCCC8)nn7)CC6)[C@@H]5C4)cc3C2=O)C(=O)N1. The van der Waals surface area contributed by atoms with E-state index in [1.54, 1.807) is 6.07 Å². The van der Waals surface area contributed by atoms with Crippen LogP contribution in [-0.2, 0) is 9.59 Å². The third-order valence-corrected chi connectivity index (χ3v) is 11.2. The van der Waals surface area contributed by atoms with Crippen LogP contribution in [0.5, 0.6) is 0 Å². The van der Waals surface area contributed by atoms with Crippen LogP contribution in [0.15, 0.2) is 24.3 Å². The number of piperidine rings is 2. The summed E-state index contributed by atoms with van der Waals surface area (Å²) in [6.07, 6.45) is 5.67. The third-order valence-electron chi connectivity index (χ3n) is 11.2.